The second-order valence-corrected chi connectivity index (χ2v) is 7.91. The lowest BCUT2D eigenvalue weighted by atomic mass is 10.2. The highest BCUT2D eigenvalue weighted by atomic mass is 32.1. The predicted octanol–water partition coefficient (Wildman–Crippen LogP) is 3.78. The highest BCUT2D eigenvalue weighted by molar-refractivity contribution is 7.16. The number of rotatable bonds is 4. The first-order valence-electron chi connectivity index (χ1n) is 8.04. The number of amides is 1. The van der Waals surface area contributed by atoms with E-state index in [-0.39, 0.29) is 6.09 Å². The number of piperazine rings is 1. The molecule has 5 nitrogen and oxygen atoms in total. The maximum atomic E-state index is 12.0. The van der Waals surface area contributed by atoms with E-state index in [1.807, 2.05) is 26.8 Å². The molecule has 0 N–H and O–H groups in total. The molecule has 0 unspecified atom stereocenters. The van der Waals surface area contributed by atoms with Gasteiger partial charge in [0.25, 0.3) is 0 Å². The number of carbonyl (C=O) groups is 1. The Hall–Kier alpha value is -1.58. The second-order valence-electron chi connectivity index (χ2n) is 6.76. The molecule has 0 radical (unpaired) electrons. The Morgan fingerprint density at radius 2 is 2.00 bits per heavy atom. The monoisotopic (exact) mass is 335 g/mol. The van der Waals surface area contributed by atoms with Crippen LogP contribution in [0.4, 0.5) is 9.80 Å². The largest absolute Gasteiger partial charge is 0.444 e. The van der Waals surface area contributed by atoms with Gasteiger partial charge < -0.3 is 9.64 Å². The third-order valence-corrected chi connectivity index (χ3v) is 4.72. The van der Waals surface area contributed by atoms with E-state index in [2.05, 4.69) is 15.8 Å². The quantitative estimate of drug-likeness (QED) is 0.786. The molecule has 0 aliphatic carbocycles. The van der Waals surface area contributed by atoms with E-state index in [1.165, 1.54) is 4.88 Å². The van der Waals surface area contributed by atoms with Crippen LogP contribution in [-0.2, 0) is 11.2 Å². The van der Waals surface area contributed by atoms with Crippen molar-refractivity contribution in [2.75, 3.05) is 32.7 Å². The Morgan fingerprint density at radius 1 is 1.30 bits per heavy atom. The van der Waals surface area contributed by atoms with Crippen molar-refractivity contribution in [2.45, 2.75) is 39.2 Å². The van der Waals surface area contributed by atoms with Gasteiger partial charge in [0.1, 0.15) is 5.60 Å². The molecule has 1 aromatic heterocycles. The van der Waals surface area contributed by atoms with Crippen LogP contribution < -0.4 is 0 Å². The van der Waals surface area contributed by atoms with Crippen LogP contribution in [-0.4, -0.2) is 54.2 Å². The molecule has 1 aliphatic heterocycles. The Morgan fingerprint density at radius 3 is 2.57 bits per heavy atom. The number of nitrogens with zero attached hydrogens (tertiary/aromatic N) is 3. The Labute approximate surface area is 142 Å². The molecule has 1 aromatic rings. The summed E-state index contributed by atoms with van der Waals surface area (Å²) in [4.78, 5) is 20.9. The van der Waals surface area contributed by atoms with Crippen molar-refractivity contribution < 1.29 is 9.53 Å². The van der Waals surface area contributed by atoms with E-state index in [0.29, 0.717) is 0 Å². The van der Waals surface area contributed by atoms with Crippen LogP contribution in [0.5, 0.6) is 0 Å². The Bertz CT molecular complexity index is 563. The van der Waals surface area contributed by atoms with Gasteiger partial charge in [-0.2, -0.15) is 11.3 Å². The summed E-state index contributed by atoms with van der Waals surface area (Å²) in [5, 5.41) is 0.769. The number of carbonyl (C=O) groups excluding carboxylic acids is 1. The first-order chi connectivity index (χ1) is 10.9. The molecule has 0 aromatic carbocycles. The van der Waals surface area contributed by atoms with Gasteiger partial charge in [-0.05, 0) is 51.1 Å². The highest BCUT2D eigenvalue weighted by Gasteiger charge is 2.25. The molecular weight excluding hydrogens is 310 g/mol. The number of hydrogen-bond acceptors (Lipinski definition) is 4. The molecule has 0 spiro atoms. The van der Waals surface area contributed by atoms with Crippen molar-refractivity contribution in [3.8, 4) is 0 Å². The molecule has 1 fully saturated rings. The first kappa shape index (κ1) is 17.8. The van der Waals surface area contributed by atoms with Gasteiger partial charge in [-0.15, -0.1) is 0 Å². The third-order valence-electron chi connectivity index (χ3n) is 3.68. The molecule has 0 saturated carbocycles. The number of ether oxygens (including phenoxy) is 1. The molecule has 1 aliphatic rings. The minimum atomic E-state index is -0.431. The zero-order valence-corrected chi connectivity index (χ0v) is 15.0. The van der Waals surface area contributed by atoms with Crippen molar-refractivity contribution in [1.82, 2.24) is 9.80 Å². The first-order valence-corrected chi connectivity index (χ1v) is 8.85. The van der Waals surface area contributed by atoms with E-state index in [9.17, 15) is 4.79 Å². The van der Waals surface area contributed by atoms with Gasteiger partial charge in [0.15, 0.2) is 0 Å². The van der Waals surface area contributed by atoms with Crippen molar-refractivity contribution in [1.29, 1.82) is 0 Å². The van der Waals surface area contributed by atoms with Gasteiger partial charge in [0.2, 0.25) is 5.00 Å². The van der Waals surface area contributed by atoms with Crippen LogP contribution in [0.25, 0.3) is 4.85 Å². The van der Waals surface area contributed by atoms with Crippen molar-refractivity contribution in [3.05, 3.63) is 28.4 Å². The zero-order chi connectivity index (χ0) is 16.9. The van der Waals surface area contributed by atoms with Gasteiger partial charge in [0, 0.05) is 26.2 Å². The van der Waals surface area contributed by atoms with Gasteiger partial charge >= 0.3 is 6.09 Å². The standard InChI is InChI=1S/C17H25N3O2S/c1-17(2,3)22-16(21)20-12-10-19(11-13-20)9-5-6-14-7-8-15(18-4)23-14/h7-8H,5-6,9-13H2,1-3H3. The third kappa shape index (κ3) is 5.85. The van der Waals surface area contributed by atoms with Crippen LogP contribution in [0, 0.1) is 6.57 Å². The fourth-order valence-electron chi connectivity index (χ4n) is 2.52. The van der Waals surface area contributed by atoms with Crippen LogP contribution in [0.15, 0.2) is 12.1 Å². The second kappa shape index (κ2) is 7.80. The summed E-state index contributed by atoms with van der Waals surface area (Å²) < 4.78 is 5.41. The van der Waals surface area contributed by atoms with Crippen LogP contribution >= 0.6 is 11.3 Å². The van der Waals surface area contributed by atoms with Gasteiger partial charge in [-0.1, -0.05) is 6.07 Å². The molecule has 1 saturated heterocycles. The minimum Gasteiger partial charge on any atom is -0.444 e. The van der Waals surface area contributed by atoms with Crippen LogP contribution in [0.3, 0.4) is 0 Å². The molecule has 126 valence electrons. The molecular formula is C17H25N3O2S. The Balaban J connectivity index is 1.67. The fraction of sp³-hybridized carbons (Fsp3) is 0.647. The van der Waals surface area contributed by atoms with E-state index >= 15 is 0 Å². The summed E-state index contributed by atoms with van der Waals surface area (Å²) in [6.07, 6.45) is 1.90. The van der Waals surface area contributed by atoms with E-state index in [0.717, 1.165) is 50.6 Å². The average Bonchev–Trinajstić information content (AvgIpc) is 2.94. The molecule has 1 amide bonds. The Kier molecular flexibility index (Phi) is 6.03. The van der Waals surface area contributed by atoms with Crippen molar-refractivity contribution >= 4 is 22.4 Å². The summed E-state index contributed by atoms with van der Waals surface area (Å²) in [5.41, 5.74) is -0.431. The summed E-state index contributed by atoms with van der Waals surface area (Å²) in [5.74, 6) is 0. The van der Waals surface area contributed by atoms with Crippen molar-refractivity contribution in [2.24, 2.45) is 0 Å². The molecule has 0 bridgehead atoms. The highest BCUT2D eigenvalue weighted by Crippen LogP contribution is 2.25. The van der Waals surface area contributed by atoms with Gasteiger partial charge in [-0.3, -0.25) is 4.90 Å². The number of thiophene rings is 1. The topological polar surface area (TPSA) is 37.1 Å². The maximum absolute atomic E-state index is 12.0. The molecule has 6 heteroatoms. The maximum Gasteiger partial charge on any atom is 0.410 e. The lowest BCUT2D eigenvalue weighted by Crippen LogP contribution is -2.50. The lowest BCUT2D eigenvalue weighted by molar-refractivity contribution is 0.0145. The van der Waals surface area contributed by atoms with Gasteiger partial charge in [-0.25, -0.2) is 9.64 Å². The van der Waals surface area contributed by atoms with Gasteiger partial charge in [0.05, 0.1) is 6.57 Å². The smallest absolute Gasteiger partial charge is 0.410 e. The molecule has 0 atom stereocenters. The fourth-order valence-corrected chi connectivity index (χ4v) is 3.35. The minimum absolute atomic E-state index is 0.206. The van der Waals surface area contributed by atoms with Crippen LogP contribution in [0.2, 0.25) is 0 Å². The van der Waals surface area contributed by atoms with Crippen LogP contribution in [0.1, 0.15) is 32.1 Å². The number of hydrogen-bond donors (Lipinski definition) is 0. The summed E-state index contributed by atoms with van der Waals surface area (Å²) in [6, 6.07) is 3.95. The lowest BCUT2D eigenvalue weighted by Gasteiger charge is -2.35. The summed E-state index contributed by atoms with van der Waals surface area (Å²) in [7, 11) is 0. The van der Waals surface area contributed by atoms with E-state index in [1.54, 1.807) is 16.2 Å². The zero-order valence-electron chi connectivity index (χ0n) is 14.2. The average molecular weight is 335 g/mol. The number of aryl methyl sites for hydroxylation is 1. The van der Waals surface area contributed by atoms with Crippen molar-refractivity contribution in [3.63, 3.8) is 0 Å². The van der Waals surface area contributed by atoms with E-state index in [4.69, 9.17) is 11.3 Å². The molecule has 2 heterocycles. The summed E-state index contributed by atoms with van der Waals surface area (Å²) in [6.45, 7) is 17.0. The normalized spacial score (nSPS) is 16.2. The predicted molar refractivity (Wildman–Crippen MR) is 93.1 cm³/mol. The van der Waals surface area contributed by atoms with E-state index < -0.39 is 5.60 Å². The summed E-state index contributed by atoms with van der Waals surface area (Å²) >= 11 is 1.59. The molecule has 2 rings (SSSR count). The SMILES string of the molecule is [C-]#[N+]c1ccc(CCCN2CCN(C(=O)OC(C)(C)C)CC2)s1. The molecule has 23 heavy (non-hydrogen) atoms.